The van der Waals surface area contributed by atoms with E-state index in [0.717, 1.165) is 39.3 Å². The van der Waals surface area contributed by atoms with E-state index in [4.69, 9.17) is 10.1 Å². The first-order chi connectivity index (χ1) is 16.7. The van der Waals surface area contributed by atoms with Gasteiger partial charge in [0.15, 0.2) is 5.82 Å². The van der Waals surface area contributed by atoms with Crippen LogP contribution in [0.3, 0.4) is 0 Å². The largest absolute Gasteiger partial charge is 0.327 e. The van der Waals surface area contributed by atoms with Crippen molar-refractivity contribution in [1.82, 2.24) is 19.3 Å². The molecule has 0 unspecified atom stereocenters. The third-order valence-corrected chi connectivity index (χ3v) is 6.54. The number of hydrogen-bond donors (Lipinski definition) is 0. The van der Waals surface area contributed by atoms with Gasteiger partial charge >= 0.3 is 0 Å². The number of thioether (sulfide) groups is 1. The van der Waals surface area contributed by atoms with Gasteiger partial charge in [0.2, 0.25) is 0 Å². The van der Waals surface area contributed by atoms with Crippen LogP contribution in [0, 0.1) is 11.3 Å². The van der Waals surface area contributed by atoms with Crippen molar-refractivity contribution in [3.63, 3.8) is 0 Å². The van der Waals surface area contributed by atoms with Gasteiger partial charge in [0.1, 0.15) is 6.07 Å². The molecule has 0 aliphatic rings. The van der Waals surface area contributed by atoms with Crippen molar-refractivity contribution in [2.45, 2.75) is 11.8 Å². The highest BCUT2D eigenvalue weighted by Gasteiger charge is 2.16. The highest BCUT2D eigenvalue weighted by atomic mass is 32.2. The molecule has 0 amide bonds. The normalized spacial score (nSPS) is 11.6. The van der Waals surface area contributed by atoms with Crippen LogP contribution in [0.25, 0.3) is 39.6 Å². The fourth-order valence-corrected chi connectivity index (χ4v) is 4.66. The zero-order chi connectivity index (χ0) is 23.5. The zero-order valence-corrected chi connectivity index (χ0v) is 19.8. The molecule has 3 aromatic carbocycles. The Balaban J connectivity index is 1.65. The average Bonchev–Trinajstić information content (AvgIpc) is 3.45. The number of aryl methyl sites for hydroxylation is 1. The van der Waals surface area contributed by atoms with E-state index >= 15 is 0 Å². The van der Waals surface area contributed by atoms with Crippen molar-refractivity contribution in [2.75, 3.05) is 5.75 Å². The minimum Gasteiger partial charge on any atom is -0.327 e. The predicted octanol–water partition coefficient (Wildman–Crippen LogP) is 6.60. The second-order valence-electron chi connectivity index (χ2n) is 7.82. The van der Waals surface area contributed by atoms with Gasteiger partial charge in [-0.2, -0.15) is 10.4 Å². The molecule has 2 aromatic heterocycles. The topological polar surface area (TPSA) is 59.4 Å². The van der Waals surface area contributed by atoms with Crippen LogP contribution in [-0.2, 0) is 7.05 Å². The summed E-state index contributed by atoms with van der Waals surface area (Å²) in [7, 11) is 1.94. The summed E-state index contributed by atoms with van der Waals surface area (Å²) in [4.78, 5) is 5.95. The Bertz CT molecular complexity index is 1520. The Morgan fingerprint density at radius 3 is 2.44 bits per heavy atom. The van der Waals surface area contributed by atoms with E-state index < -0.39 is 0 Å². The fourth-order valence-electron chi connectivity index (χ4n) is 3.99. The Labute approximate surface area is 203 Å². The number of nitrogens with zero attached hydrogens (tertiary/aromatic N) is 5. The van der Waals surface area contributed by atoms with Gasteiger partial charge in [0.25, 0.3) is 0 Å². The lowest BCUT2D eigenvalue weighted by atomic mass is 10.1. The molecule has 0 radical (unpaired) electrons. The van der Waals surface area contributed by atoms with Crippen LogP contribution in [-0.4, -0.2) is 25.1 Å². The number of hydrogen-bond acceptors (Lipinski definition) is 4. The molecule has 34 heavy (non-hydrogen) atoms. The van der Waals surface area contributed by atoms with E-state index in [9.17, 15) is 5.26 Å². The summed E-state index contributed by atoms with van der Waals surface area (Å²) in [6.07, 6.45) is 3.86. The average molecular weight is 462 g/mol. The lowest BCUT2D eigenvalue weighted by Gasteiger charge is -2.03. The number of nitriles is 1. The van der Waals surface area contributed by atoms with Crippen molar-refractivity contribution in [2.24, 2.45) is 7.05 Å². The maximum absolute atomic E-state index is 10.1. The van der Waals surface area contributed by atoms with Gasteiger partial charge in [-0.15, -0.1) is 11.8 Å². The summed E-state index contributed by atoms with van der Waals surface area (Å²) >= 11 is 1.81. The first kappa shape index (κ1) is 21.7. The highest BCUT2D eigenvalue weighted by molar-refractivity contribution is 7.99. The maximum atomic E-state index is 10.1. The third-order valence-electron chi connectivity index (χ3n) is 5.65. The molecular formula is C28H23N5S. The van der Waals surface area contributed by atoms with Gasteiger partial charge in [0, 0.05) is 29.3 Å². The minimum absolute atomic E-state index is 0.491. The van der Waals surface area contributed by atoms with Gasteiger partial charge in [-0.1, -0.05) is 49.4 Å². The van der Waals surface area contributed by atoms with Crippen LogP contribution in [0.15, 0.2) is 90.0 Å². The summed E-state index contributed by atoms with van der Waals surface area (Å²) in [5, 5.41) is 15.0. The lowest BCUT2D eigenvalue weighted by Crippen LogP contribution is -1.96. The molecule has 5 nitrogen and oxygen atoms in total. The zero-order valence-electron chi connectivity index (χ0n) is 19.0. The van der Waals surface area contributed by atoms with Crippen molar-refractivity contribution >= 4 is 34.4 Å². The number of aromatic nitrogens is 4. The standard InChI is InChI=1S/C28H23N5S/c1-3-34-24-15-13-20(14-16-24)27-22(19-33(31-27)23-9-5-4-6-10-23)17-21(18-29)28-30-25-11-7-8-12-26(25)32(28)2/h4-17,19H,3H2,1-2H3/b21-17-. The van der Waals surface area contributed by atoms with Gasteiger partial charge < -0.3 is 4.57 Å². The summed E-state index contributed by atoms with van der Waals surface area (Å²) in [5.74, 6) is 1.66. The van der Waals surface area contributed by atoms with Crippen molar-refractivity contribution in [1.29, 1.82) is 5.26 Å². The summed E-state index contributed by atoms with van der Waals surface area (Å²) in [6.45, 7) is 2.15. The predicted molar refractivity (Wildman–Crippen MR) is 140 cm³/mol. The van der Waals surface area contributed by atoms with Gasteiger partial charge in [0.05, 0.1) is 28.0 Å². The molecule has 0 atom stereocenters. The highest BCUT2D eigenvalue weighted by Crippen LogP contribution is 2.30. The van der Waals surface area contributed by atoms with Crippen LogP contribution >= 0.6 is 11.8 Å². The molecule has 0 aliphatic heterocycles. The Morgan fingerprint density at radius 1 is 1.00 bits per heavy atom. The molecule has 0 bridgehead atoms. The van der Waals surface area contributed by atoms with Gasteiger partial charge in [-0.25, -0.2) is 9.67 Å². The third kappa shape index (κ3) is 4.14. The molecule has 2 heterocycles. The van der Waals surface area contributed by atoms with Crippen LogP contribution in [0.5, 0.6) is 0 Å². The van der Waals surface area contributed by atoms with E-state index in [0.29, 0.717) is 11.4 Å². The molecule has 6 heteroatoms. The first-order valence-corrected chi connectivity index (χ1v) is 12.1. The van der Waals surface area contributed by atoms with E-state index in [1.807, 2.05) is 94.9 Å². The van der Waals surface area contributed by atoms with E-state index in [1.54, 1.807) is 0 Å². The van der Waals surface area contributed by atoms with E-state index in [1.165, 1.54) is 4.90 Å². The van der Waals surface area contributed by atoms with Gasteiger partial charge in [-0.3, -0.25) is 0 Å². The van der Waals surface area contributed by atoms with Crippen molar-refractivity contribution in [3.05, 3.63) is 96.4 Å². The Morgan fingerprint density at radius 2 is 1.74 bits per heavy atom. The van der Waals surface area contributed by atoms with Crippen molar-refractivity contribution in [3.8, 4) is 23.0 Å². The molecule has 0 N–H and O–H groups in total. The number of rotatable bonds is 6. The van der Waals surface area contributed by atoms with Crippen molar-refractivity contribution < 1.29 is 0 Å². The molecule has 0 spiro atoms. The molecule has 0 aliphatic carbocycles. The molecule has 5 rings (SSSR count). The minimum atomic E-state index is 0.491. The monoisotopic (exact) mass is 461 g/mol. The van der Waals surface area contributed by atoms with E-state index in [-0.39, 0.29) is 0 Å². The lowest BCUT2D eigenvalue weighted by molar-refractivity contribution is 0.884. The SMILES string of the molecule is CCSc1ccc(-c2nn(-c3ccccc3)cc2/C=C(/C#N)c2nc3ccccc3n2C)cc1. The molecule has 166 valence electrons. The van der Waals surface area contributed by atoms with E-state index in [2.05, 4.69) is 37.3 Å². The number of para-hydroxylation sites is 3. The number of imidazole rings is 1. The molecular weight excluding hydrogens is 438 g/mol. The van der Waals surface area contributed by atoms with Crippen LogP contribution in [0.4, 0.5) is 0 Å². The van der Waals surface area contributed by atoms with Crippen LogP contribution in [0.2, 0.25) is 0 Å². The second kappa shape index (κ2) is 9.42. The van der Waals surface area contributed by atoms with Crippen LogP contribution in [0.1, 0.15) is 18.3 Å². The van der Waals surface area contributed by atoms with Crippen LogP contribution < -0.4 is 0 Å². The Kier molecular flexibility index (Phi) is 6.03. The van der Waals surface area contributed by atoms with Gasteiger partial charge in [-0.05, 0) is 48.2 Å². The number of fused-ring (bicyclic) bond motifs is 1. The number of benzene rings is 3. The second-order valence-corrected chi connectivity index (χ2v) is 9.16. The summed E-state index contributed by atoms with van der Waals surface area (Å²) < 4.78 is 3.82. The summed E-state index contributed by atoms with van der Waals surface area (Å²) in [5.41, 5.74) is 6.00. The fraction of sp³-hybridized carbons (Fsp3) is 0.107. The summed E-state index contributed by atoms with van der Waals surface area (Å²) in [6, 6.07) is 28.7. The molecule has 0 saturated carbocycles. The quantitative estimate of drug-likeness (QED) is 0.211. The molecule has 5 aromatic rings. The first-order valence-electron chi connectivity index (χ1n) is 11.1. The Hall–Kier alpha value is -4.08. The maximum Gasteiger partial charge on any atom is 0.151 e. The molecule has 0 fully saturated rings. The molecule has 0 saturated heterocycles. The smallest absolute Gasteiger partial charge is 0.151 e. The number of allylic oxidation sites excluding steroid dienone is 1.